The zero-order valence-corrected chi connectivity index (χ0v) is 12.0. The molecule has 106 valence electrons. The van der Waals surface area contributed by atoms with E-state index in [1.165, 1.54) is 11.1 Å². The number of aryl methyl sites for hydroxylation is 1. The third-order valence-electron chi connectivity index (χ3n) is 3.01. The minimum atomic E-state index is 0.0562. The van der Waals surface area contributed by atoms with Gasteiger partial charge in [0.1, 0.15) is 0 Å². The highest BCUT2D eigenvalue weighted by molar-refractivity contribution is 5.76. The summed E-state index contributed by atoms with van der Waals surface area (Å²) in [6.45, 7) is 5.98. The lowest BCUT2D eigenvalue weighted by atomic mass is 10.1. The van der Waals surface area contributed by atoms with Crippen molar-refractivity contribution in [3.8, 4) is 0 Å². The average Bonchev–Trinajstić information content (AvgIpc) is 2.39. The van der Waals surface area contributed by atoms with Crippen molar-refractivity contribution in [2.24, 2.45) is 0 Å². The van der Waals surface area contributed by atoms with E-state index in [1.54, 1.807) is 7.11 Å². The fourth-order valence-electron chi connectivity index (χ4n) is 1.76. The van der Waals surface area contributed by atoms with Crippen LogP contribution in [0.3, 0.4) is 0 Å². The molecular weight excluding hydrogens is 240 g/mol. The van der Waals surface area contributed by atoms with Gasteiger partial charge >= 0.3 is 0 Å². The number of benzene rings is 1. The van der Waals surface area contributed by atoms with Gasteiger partial charge in [-0.15, -0.1) is 0 Å². The van der Waals surface area contributed by atoms with Crippen molar-refractivity contribution in [3.63, 3.8) is 0 Å². The van der Waals surface area contributed by atoms with E-state index in [9.17, 15) is 4.79 Å². The highest BCUT2D eigenvalue weighted by atomic mass is 16.5. The predicted molar refractivity (Wildman–Crippen MR) is 77.1 cm³/mol. The van der Waals surface area contributed by atoms with E-state index in [4.69, 9.17) is 4.74 Å². The predicted octanol–water partition coefficient (Wildman–Crippen LogP) is 1.80. The Kier molecular flexibility index (Phi) is 7.15. The normalized spacial score (nSPS) is 12.2. The molecule has 0 bridgehead atoms. The van der Waals surface area contributed by atoms with Crippen LogP contribution in [-0.4, -0.2) is 32.7 Å². The van der Waals surface area contributed by atoms with Crippen LogP contribution in [0.25, 0.3) is 0 Å². The lowest BCUT2D eigenvalue weighted by molar-refractivity contribution is -0.121. The number of carbonyl (C=O) groups is 1. The maximum absolute atomic E-state index is 11.5. The van der Waals surface area contributed by atoms with Gasteiger partial charge in [-0.1, -0.05) is 29.8 Å². The van der Waals surface area contributed by atoms with Crippen molar-refractivity contribution in [2.75, 3.05) is 26.8 Å². The molecular formula is C15H24N2O2. The van der Waals surface area contributed by atoms with Crippen LogP contribution in [0, 0.1) is 6.92 Å². The average molecular weight is 264 g/mol. The first-order chi connectivity index (χ1) is 9.13. The molecule has 0 aliphatic heterocycles. The van der Waals surface area contributed by atoms with Crippen LogP contribution in [0.2, 0.25) is 0 Å². The van der Waals surface area contributed by atoms with Crippen LogP contribution in [0.15, 0.2) is 24.3 Å². The third-order valence-corrected chi connectivity index (χ3v) is 3.01. The summed E-state index contributed by atoms with van der Waals surface area (Å²) in [6, 6.07) is 8.69. The van der Waals surface area contributed by atoms with Crippen molar-refractivity contribution < 1.29 is 9.53 Å². The molecule has 4 nitrogen and oxygen atoms in total. The summed E-state index contributed by atoms with van der Waals surface area (Å²) in [5, 5.41) is 6.15. The van der Waals surface area contributed by atoms with E-state index < -0.39 is 0 Å². The van der Waals surface area contributed by atoms with Gasteiger partial charge in [-0.05, 0) is 19.4 Å². The highest BCUT2D eigenvalue weighted by Crippen LogP contribution is 2.12. The van der Waals surface area contributed by atoms with E-state index in [1.807, 2.05) is 0 Å². The fourth-order valence-corrected chi connectivity index (χ4v) is 1.76. The second-order valence-corrected chi connectivity index (χ2v) is 4.68. The fraction of sp³-hybridized carbons (Fsp3) is 0.533. The number of amides is 1. The smallest absolute Gasteiger partial charge is 0.221 e. The van der Waals surface area contributed by atoms with Crippen molar-refractivity contribution in [1.82, 2.24) is 10.6 Å². The summed E-state index contributed by atoms with van der Waals surface area (Å²) in [6.07, 6.45) is 0.486. The van der Waals surface area contributed by atoms with Crippen LogP contribution >= 0.6 is 0 Å². The summed E-state index contributed by atoms with van der Waals surface area (Å²) >= 11 is 0. The minimum Gasteiger partial charge on any atom is -0.383 e. The molecule has 1 amide bonds. The topological polar surface area (TPSA) is 50.4 Å². The van der Waals surface area contributed by atoms with Crippen molar-refractivity contribution >= 4 is 5.91 Å². The second kappa shape index (κ2) is 8.67. The third kappa shape index (κ3) is 6.36. The molecule has 0 aliphatic rings. The highest BCUT2D eigenvalue weighted by Gasteiger charge is 2.05. The first-order valence-corrected chi connectivity index (χ1v) is 6.69. The number of nitrogens with one attached hydrogen (secondary N) is 2. The quantitative estimate of drug-likeness (QED) is 0.704. The maximum atomic E-state index is 11.5. The number of carbonyl (C=O) groups excluding carboxylic acids is 1. The summed E-state index contributed by atoms with van der Waals surface area (Å²) in [5.41, 5.74) is 2.50. The number of rotatable bonds is 8. The first-order valence-electron chi connectivity index (χ1n) is 6.69. The molecule has 4 heteroatoms. The molecule has 1 unspecified atom stereocenters. The molecule has 1 rings (SSSR count). The summed E-state index contributed by atoms with van der Waals surface area (Å²) in [4.78, 5) is 11.5. The Morgan fingerprint density at radius 1 is 1.26 bits per heavy atom. The number of ether oxygens (including phenoxy) is 1. The van der Waals surface area contributed by atoms with E-state index in [2.05, 4.69) is 48.7 Å². The van der Waals surface area contributed by atoms with E-state index in [0.29, 0.717) is 26.1 Å². The molecule has 0 aliphatic carbocycles. The number of hydrogen-bond acceptors (Lipinski definition) is 3. The second-order valence-electron chi connectivity index (χ2n) is 4.68. The molecule has 0 fully saturated rings. The molecule has 0 aromatic heterocycles. The Balaban J connectivity index is 2.21. The SMILES string of the molecule is COCCNC(=O)CCNC(C)c1ccc(C)cc1. The Morgan fingerprint density at radius 2 is 1.95 bits per heavy atom. The zero-order chi connectivity index (χ0) is 14.1. The molecule has 19 heavy (non-hydrogen) atoms. The number of hydrogen-bond donors (Lipinski definition) is 2. The Hall–Kier alpha value is -1.39. The van der Waals surface area contributed by atoms with Crippen LogP contribution in [0.1, 0.15) is 30.5 Å². The lowest BCUT2D eigenvalue weighted by Crippen LogP contribution is -2.30. The van der Waals surface area contributed by atoms with Gasteiger partial charge in [0.25, 0.3) is 0 Å². The molecule has 0 radical (unpaired) electrons. The summed E-state index contributed by atoms with van der Waals surface area (Å²) in [7, 11) is 1.62. The minimum absolute atomic E-state index is 0.0562. The molecule has 0 saturated carbocycles. The molecule has 0 heterocycles. The van der Waals surface area contributed by atoms with Gasteiger partial charge in [0.2, 0.25) is 5.91 Å². The van der Waals surface area contributed by atoms with Gasteiger partial charge < -0.3 is 15.4 Å². The molecule has 0 saturated heterocycles. The Morgan fingerprint density at radius 3 is 2.58 bits per heavy atom. The van der Waals surface area contributed by atoms with Crippen LogP contribution in [0.4, 0.5) is 0 Å². The van der Waals surface area contributed by atoms with E-state index >= 15 is 0 Å². The standard InChI is InChI=1S/C15H24N2O2/c1-12-4-6-14(7-5-12)13(2)16-9-8-15(18)17-10-11-19-3/h4-7,13,16H,8-11H2,1-3H3,(H,17,18). The van der Waals surface area contributed by atoms with Crippen LogP contribution in [-0.2, 0) is 9.53 Å². The van der Waals surface area contributed by atoms with Gasteiger partial charge in [-0.2, -0.15) is 0 Å². The van der Waals surface area contributed by atoms with Gasteiger partial charge in [0, 0.05) is 32.7 Å². The van der Waals surface area contributed by atoms with Crippen LogP contribution in [0.5, 0.6) is 0 Å². The maximum Gasteiger partial charge on any atom is 0.221 e. The van der Waals surface area contributed by atoms with Crippen molar-refractivity contribution in [1.29, 1.82) is 0 Å². The van der Waals surface area contributed by atoms with Gasteiger partial charge in [0.05, 0.1) is 6.61 Å². The number of methoxy groups -OCH3 is 1. The van der Waals surface area contributed by atoms with Gasteiger partial charge in [-0.3, -0.25) is 4.79 Å². The van der Waals surface area contributed by atoms with Gasteiger partial charge in [-0.25, -0.2) is 0 Å². The summed E-state index contributed by atoms with van der Waals surface area (Å²) < 4.78 is 4.87. The molecule has 1 atom stereocenters. The first kappa shape index (κ1) is 15.7. The van der Waals surface area contributed by atoms with Crippen molar-refractivity contribution in [3.05, 3.63) is 35.4 Å². The lowest BCUT2D eigenvalue weighted by Gasteiger charge is -2.14. The van der Waals surface area contributed by atoms with Gasteiger partial charge in [0.15, 0.2) is 0 Å². The molecule has 1 aromatic carbocycles. The molecule has 2 N–H and O–H groups in total. The Labute approximate surface area is 115 Å². The van der Waals surface area contributed by atoms with Crippen LogP contribution < -0.4 is 10.6 Å². The van der Waals surface area contributed by atoms with Crippen molar-refractivity contribution in [2.45, 2.75) is 26.3 Å². The zero-order valence-electron chi connectivity index (χ0n) is 12.0. The largest absolute Gasteiger partial charge is 0.383 e. The van der Waals surface area contributed by atoms with E-state index in [-0.39, 0.29) is 11.9 Å². The summed E-state index contributed by atoms with van der Waals surface area (Å²) in [5.74, 6) is 0.0562. The Bertz CT molecular complexity index is 376. The van der Waals surface area contributed by atoms with E-state index in [0.717, 1.165) is 0 Å². The molecule has 1 aromatic rings. The monoisotopic (exact) mass is 264 g/mol. The molecule has 0 spiro atoms.